The number of benzene rings is 1. The van der Waals surface area contributed by atoms with Crippen LogP contribution in [-0.2, 0) is 6.54 Å². The number of hydrogen-bond donors (Lipinski definition) is 1. The maximum atomic E-state index is 13.9. The monoisotopic (exact) mass is 406 g/mol. The number of halogens is 1. The number of rotatable bonds is 6. The Morgan fingerprint density at radius 3 is 2.41 bits per heavy atom. The van der Waals surface area contributed by atoms with Gasteiger partial charge in [-0.1, -0.05) is 12.5 Å². The first-order chi connectivity index (χ1) is 13.9. The fourth-order valence-corrected chi connectivity index (χ4v) is 4.19. The van der Waals surface area contributed by atoms with Crippen molar-refractivity contribution in [2.75, 3.05) is 52.9 Å². The van der Waals surface area contributed by atoms with E-state index in [0.717, 1.165) is 31.7 Å². The lowest BCUT2D eigenvalue weighted by Gasteiger charge is -2.41. The molecule has 6 nitrogen and oxygen atoms in total. The van der Waals surface area contributed by atoms with Crippen LogP contribution >= 0.6 is 0 Å². The van der Waals surface area contributed by atoms with Crippen molar-refractivity contribution in [2.24, 2.45) is 0 Å². The van der Waals surface area contributed by atoms with E-state index < -0.39 is 0 Å². The van der Waals surface area contributed by atoms with Crippen molar-refractivity contribution in [1.82, 2.24) is 20.0 Å². The molecule has 7 heteroatoms. The molecule has 0 saturated carbocycles. The molecule has 2 saturated heterocycles. The van der Waals surface area contributed by atoms with Gasteiger partial charge in [-0.05, 0) is 57.5 Å². The van der Waals surface area contributed by atoms with E-state index in [1.807, 2.05) is 11.0 Å². The SMILES string of the molecule is COc1ccc(CN2CCN(C(=O)NCC(C)(C)N3CCCCC3)CC2)cc1F. The van der Waals surface area contributed by atoms with Crippen molar-refractivity contribution in [3.8, 4) is 5.75 Å². The van der Waals surface area contributed by atoms with Gasteiger partial charge in [-0.25, -0.2) is 9.18 Å². The van der Waals surface area contributed by atoms with Gasteiger partial charge in [-0.15, -0.1) is 0 Å². The molecule has 1 aromatic rings. The number of urea groups is 1. The summed E-state index contributed by atoms with van der Waals surface area (Å²) in [6.07, 6.45) is 3.81. The zero-order chi connectivity index (χ0) is 20.9. The summed E-state index contributed by atoms with van der Waals surface area (Å²) in [5, 5.41) is 3.14. The van der Waals surface area contributed by atoms with Crippen molar-refractivity contribution >= 4 is 6.03 Å². The van der Waals surface area contributed by atoms with Crippen LogP contribution in [0.4, 0.5) is 9.18 Å². The normalized spacial score (nSPS) is 19.2. The van der Waals surface area contributed by atoms with E-state index in [-0.39, 0.29) is 23.1 Å². The van der Waals surface area contributed by atoms with Gasteiger partial charge in [-0.3, -0.25) is 9.80 Å². The number of piperazine rings is 1. The first kappa shape index (κ1) is 21.8. The lowest BCUT2D eigenvalue weighted by Crippen LogP contribution is -2.57. The van der Waals surface area contributed by atoms with Gasteiger partial charge in [0.05, 0.1) is 7.11 Å². The zero-order valence-electron chi connectivity index (χ0n) is 18.0. The van der Waals surface area contributed by atoms with Gasteiger partial charge in [0.2, 0.25) is 0 Å². The van der Waals surface area contributed by atoms with E-state index in [1.54, 1.807) is 6.07 Å². The molecule has 0 aromatic heterocycles. The van der Waals surface area contributed by atoms with Gasteiger partial charge in [0.15, 0.2) is 11.6 Å². The molecule has 3 rings (SSSR count). The minimum atomic E-state index is -0.334. The summed E-state index contributed by atoms with van der Waals surface area (Å²) < 4.78 is 18.9. The second kappa shape index (κ2) is 9.76. The topological polar surface area (TPSA) is 48.1 Å². The number of ether oxygens (including phenoxy) is 1. The number of amides is 2. The highest BCUT2D eigenvalue weighted by atomic mass is 19.1. The molecule has 2 aliphatic rings. The average molecular weight is 407 g/mol. The highest BCUT2D eigenvalue weighted by molar-refractivity contribution is 5.74. The third-order valence-corrected chi connectivity index (χ3v) is 6.17. The Bertz CT molecular complexity index is 683. The van der Waals surface area contributed by atoms with Crippen LogP contribution < -0.4 is 10.1 Å². The summed E-state index contributed by atoms with van der Waals surface area (Å²) in [6, 6.07) is 5.10. The highest BCUT2D eigenvalue weighted by Gasteiger charge is 2.29. The van der Waals surface area contributed by atoms with Crippen LogP contribution in [0.25, 0.3) is 0 Å². The number of methoxy groups -OCH3 is 1. The first-order valence-electron chi connectivity index (χ1n) is 10.7. The standard InChI is InChI=1S/C22H35FN4O2/c1-22(2,27-9-5-4-6-10-27)17-24-21(28)26-13-11-25(12-14-26)16-18-7-8-20(29-3)19(23)15-18/h7-8,15H,4-6,9-14,16-17H2,1-3H3,(H,24,28). The van der Waals surface area contributed by atoms with E-state index in [2.05, 4.69) is 29.0 Å². The van der Waals surface area contributed by atoms with E-state index in [9.17, 15) is 9.18 Å². The highest BCUT2D eigenvalue weighted by Crippen LogP contribution is 2.21. The molecule has 0 radical (unpaired) electrons. The molecule has 162 valence electrons. The maximum absolute atomic E-state index is 13.9. The zero-order valence-corrected chi connectivity index (χ0v) is 18.0. The van der Waals surface area contributed by atoms with Crippen LogP contribution in [0.15, 0.2) is 18.2 Å². The minimum absolute atomic E-state index is 0.0175. The van der Waals surface area contributed by atoms with Crippen molar-refractivity contribution in [3.63, 3.8) is 0 Å². The Labute approximate surface area is 174 Å². The summed E-state index contributed by atoms with van der Waals surface area (Å²) in [5.41, 5.74) is 0.903. The third kappa shape index (κ3) is 5.82. The first-order valence-corrected chi connectivity index (χ1v) is 10.7. The van der Waals surface area contributed by atoms with Crippen LogP contribution in [-0.4, -0.2) is 79.2 Å². The Morgan fingerprint density at radius 1 is 1.10 bits per heavy atom. The summed E-state index contributed by atoms with van der Waals surface area (Å²) in [6.45, 7) is 11.0. The lowest BCUT2D eigenvalue weighted by atomic mass is 9.98. The van der Waals surface area contributed by atoms with E-state index in [1.165, 1.54) is 32.4 Å². The van der Waals surface area contributed by atoms with Crippen molar-refractivity contribution < 1.29 is 13.9 Å². The van der Waals surface area contributed by atoms with Gasteiger partial charge in [-0.2, -0.15) is 0 Å². The third-order valence-electron chi connectivity index (χ3n) is 6.17. The molecule has 1 aromatic carbocycles. The van der Waals surface area contributed by atoms with Crippen molar-refractivity contribution in [3.05, 3.63) is 29.6 Å². The van der Waals surface area contributed by atoms with Crippen LogP contribution in [0.1, 0.15) is 38.7 Å². The number of hydrogen-bond acceptors (Lipinski definition) is 4. The fraction of sp³-hybridized carbons (Fsp3) is 0.682. The second-order valence-electron chi connectivity index (χ2n) is 8.75. The molecule has 2 fully saturated rings. The summed E-state index contributed by atoms with van der Waals surface area (Å²) in [4.78, 5) is 19.2. The van der Waals surface area contributed by atoms with E-state index >= 15 is 0 Å². The largest absolute Gasteiger partial charge is 0.494 e. The molecule has 2 heterocycles. The Hall–Kier alpha value is -1.86. The number of carbonyl (C=O) groups is 1. The molecule has 0 bridgehead atoms. The molecule has 0 unspecified atom stereocenters. The molecule has 0 atom stereocenters. The summed E-state index contributed by atoms with van der Waals surface area (Å²) in [5.74, 6) is -0.0675. The number of nitrogens with one attached hydrogen (secondary N) is 1. The summed E-state index contributed by atoms with van der Waals surface area (Å²) >= 11 is 0. The predicted molar refractivity (Wildman–Crippen MR) is 113 cm³/mol. The smallest absolute Gasteiger partial charge is 0.317 e. The molecule has 0 aliphatic carbocycles. The number of piperidine rings is 1. The Kier molecular flexibility index (Phi) is 7.35. The van der Waals surface area contributed by atoms with E-state index in [4.69, 9.17) is 4.74 Å². The molecular weight excluding hydrogens is 371 g/mol. The molecule has 0 spiro atoms. The Balaban J connectivity index is 1.42. The molecular formula is C22H35FN4O2. The maximum Gasteiger partial charge on any atom is 0.317 e. The Morgan fingerprint density at radius 2 is 1.79 bits per heavy atom. The van der Waals surface area contributed by atoms with Crippen LogP contribution in [0.5, 0.6) is 5.75 Å². The lowest BCUT2D eigenvalue weighted by molar-refractivity contribution is 0.0907. The minimum Gasteiger partial charge on any atom is -0.494 e. The number of nitrogens with zero attached hydrogens (tertiary/aromatic N) is 3. The second-order valence-corrected chi connectivity index (χ2v) is 8.75. The molecule has 29 heavy (non-hydrogen) atoms. The predicted octanol–water partition coefficient (Wildman–Crippen LogP) is 2.93. The van der Waals surface area contributed by atoms with Crippen LogP contribution in [0, 0.1) is 5.82 Å². The molecule has 2 aliphatic heterocycles. The summed E-state index contributed by atoms with van der Waals surface area (Å²) in [7, 11) is 1.47. The van der Waals surface area contributed by atoms with Gasteiger partial charge in [0.25, 0.3) is 0 Å². The van der Waals surface area contributed by atoms with Gasteiger partial charge in [0.1, 0.15) is 0 Å². The average Bonchev–Trinajstić information content (AvgIpc) is 2.73. The van der Waals surface area contributed by atoms with Gasteiger partial charge < -0.3 is 15.0 Å². The van der Waals surface area contributed by atoms with Crippen LogP contribution in [0.3, 0.4) is 0 Å². The quantitative estimate of drug-likeness (QED) is 0.789. The van der Waals surface area contributed by atoms with Crippen molar-refractivity contribution in [1.29, 1.82) is 0 Å². The van der Waals surface area contributed by atoms with Crippen molar-refractivity contribution in [2.45, 2.75) is 45.2 Å². The number of likely N-dealkylation sites (tertiary alicyclic amines) is 1. The van der Waals surface area contributed by atoms with Crippen LogP contribution in [0.2, 0.25) is 0 Å². The molecule has 1 N–H and O–H groups in total. The fourth-order valence-electron chi connectivity index (χ4n) is 4.19. The van der Waals surface area contributed by atoms with Gasteiger partial charge in [0, 0.05) is 44.8 Å². The van der Waals surface area contributed by atoms with Gasteiger partial charge >= 0.3 is 6.03 Å². The van der Waals surface area contributed by atoms with E-state index in [0.29, 0.717) is 26.2 Å². The molecule has 2 amide bonds. The number of carbonyl (C=O) groups excluding carboxylic acids is 1.